The smallest absolute Gasteiger partial charge is 0.410 e. The number of hydrogen-bond donors (Lipinski definition) is 4. The number of anilines is 1. The number of nitrogen functional groups attached to an aromatic ring is 1. The van der Waals surface area contributed by atoms with Crippen molar-refractivity contribution in [3.63, 3.8) is 0 Å². The Bertz CT molecular complexity index is 815. The lowest BCUT2D eigenvalue weighted by Gasteiger charge is -2.50. The minimum atomic E-state index is -4.90. The highest BCUT2D eigenvalue weighted by Gasteiger charge is 2.58. The number of β-lactam (4-membered cyclic amide) rings is 1. The Hall–Kier alpha value is -2.29. The van der Waals surface area contributed by atoms with E-state index in [4.69, 9.17) is 15.5 Å². The Labute approximate surface area is 139 Å². The van der Waals surface area contributed by atoms with Crippen molar-refractivity contribution in [2.24, 2.45) is 5.16 Å². The van der Waals surface area contributed by atoms with Gasteiger partial charge in [-0.25, -0.2) is 4.98 Å². The molecular weight excluding hydrogens is 366 g/mol. The summed E-state index contributed by atoms with van der Waals surface area (Å²) in [5, 5.41) is 16.0. The second-order valence-electron chi connectivity index (χ2n) is 5.21. The molecule has 1 aliphatic rings. The highest BCUT2D eigenvalue weighted by Crippen LogP contribution is 2.32. The molecule has 0 bridgehead atoms. The molecule has 1 aromatic rings. The van der Waals surface area contributed by atoms with E-state index < -0.39 is 39.5 Å². The number of carbonyl (C=O) groups is 2. The summed E-state index contributed by atoms with van der Waals surface area (Å²) in [5.74, 6) is -1.85. The highest BCUT2D eigenvalue weighted by atomic mass is 32.3. The normalized spacial score (nSPS) is 20.6. The third-order valence-electron chi connectivity index (χ3n) is 3.20. The molecule has 0 aliphatic carbocycles. The van der Waals surface area contributed by atoms with E-state index in [0.717, 1.165) is 11.3 Å². The number of nitrogens with zero attached hydrogens (tertiary/aromatic N) is 3. The largest absolute Gasteiger partial charge is 0.418 e. The number of hydroxylamine groups is 2. The number of nitrogens with two attached hydrogens (primary N) is 1. The first-order valence-corrected chi connectivity index (χ1v) is 8.47. The van der Waals surface area contributed by atoms with Gasteiger partial charge >= 0.3 is 10.4 Å². The topological polar surface area (TPSA) is 185 Å². The second-order valence-corrected chi connectivity index (χ2v) is 7.11. The molecule has 0 radical (unpaired) electrons. The lowest BCUT2D eigenvalue weighted by Crippen LogP contribution is -2.76. The number of rotatable bonds is 5. The van der Waals surface area contributed by atoms with Crippen LogP contribution in [0.5, 0.6) is 0 Å². The van der Waals surface area contributed by atoms with Crippen molar-refractivity contribution in [3.8, 4) is 0 Å². The van der Waals surface area contributed by atoms with Gasteiger partial charge in [-0.05, 0) is 13.8 Å². The number of amides is 2. The Balaban J connectivity index is 2.14. The molecule has 1 unspecified atom stereocenters. The van der Waals surface area contributed by atoms with E-state index in [-0.39, 0.29) is 10.8 Å². The van der Waals surface area contributed by atoms with Crippen LogP contribution in [-0.4, -0.2) is 57.3 Å². The first kappa shape index (κ1) is 18.1. The molecule has 14 heteroatoms. The van der Waals surface area contributed by atoms with Gasteiger partial charge in [0.15, 0.2) is 10.8 Å². The van der Waals surface area contributed by atoms with Gasteiger partial charge in [0.1, 0.15) is 11.7 Å². The Morgan fingerprint density at radius 3 is 2.62 bits per heavy atom. The third-order valence-corrected chi connectivity index (χ3v) is 4.21. The molecule has 0 aromatic carbocycles. The molecule has 1 aliphatic heterocycles. The number of hydrogen-bond acceptors (Lipinski definition) is 10. The van der Waals surface area contributed by atoms with Crippen molar-refractivity contribution in [1.82, 2.24) is 15.4 Å². The van der Waals surface area contributed by atoms with Gasteiger partial charge in [-0.1, -0.05) is 5.16 Å². The second kappa shape index (κ2) is 5.97. The lowest BCUT2D eigenvalue weighted by atomic mass is 9.84. The number of thiazole rings is 1. The van der Waals surface area contributed by atoms with Gasteiger partial charge in [-0.2, -0.15) is 13.5 Å². The molecule has 2 amide bonds. The van der Waals surface area contributed by atoms with Crippen LogP contribution in [-0.2, 0) is 24.3 Å². The van der Waals surface area contributed by atoms with Crippen LogP contribution in [0, 0.1) is 0 Å². The molecule has 1 fully saturated rings. The van der Waals surface area contributed by atoms with Crippen LogP contribution < -0.4 is 11.1 Å². The van der Waals surface area contributed by atoms with Crippen LogP contribution in [0.25, 0.3) is 0 Å². The average molecular weight is 379 g/mol. The lowest BCUT2D eigenvalue weighted by molar-refractivity contribution is -0.218. The van der Waals surface area contributed by atoms with Crippen LogP contribution in [0.1, 0.15) is 19.5 Å². The van der Waals surface area contributed by atoms with E-state index >= 15 is 0 Å². The van der Waals surface area contributed by atoms with Gasteiger partial charge in [-0.15, -0.1) is 15.6 Å². The predicted molar refractivity (Wildman–Crippen MR) is 80.3 cm³/mol. The quantitative estimate of drug-likeness (QED) is 0.159. The fourth-order valence-corrected chi connectivity index (χ4v) is 3.03. The van der Waals surface area contributed by atoms with E-state index in [2.05, 4.69) is 19.7 Å². The molecule has 2 rings (SSSR count). The summed E-state index contributed by atoms with van der Waals surface area (Å²) in [6.45, 7) is 2.78. The zero-order valence-corrected chi connectivity index (χ0v) is 14.0. The minimum Gasteiger partial charge on any atom is -0.410 e. The molecule has 132 valence electrons. The van der Waals surface area contributed by atoms with E-state index in [1.807, 2.05) is 0 Å². The summed E-state index contributed by atoms with van der Waals surface area (Å²) in [7, 11) is -4.90. The standard InChI is InChI=1S/C10H13N5O7S2/c1-10(2)6(8(17)15(10)22-24(19,20)21)13-7(16)5(14-18)4-3-23-9(11)12-4/h3,6,18H,1-2H3,(H2,11,12)(H,13,16)(H,19,20,21)/b14-5-. The number of aromatic nitrogens is 1. The fourth-order valence-electron chi connectivity index (χ4n) is 2.03. The Morgan fingerprint density at radius 2 is 2.21 bits per heavy atom. The maximum atomic E-state index is 12.2. The number of carbonyl (C=O) groups excluding carboxylic acids is 2. The molecule has 5 N–H and O–H groups in total. The maximum Gasteiger partial charge on any atom is 0.418 e. The fraction of sp³-hybridized carbons (Fsp3) is 0.400. The Kier molecular flexibility index (Phi) is 4.49. The first-order chi connectivity index (χ1) is 11.0. The van der Waals surface area contributed by atoms with Gasteiger partial charge in [-0.3, -0.25) is 14.1 Å². The van der Waals surface area contributed by atoms with Crippen LogP contribution in [0.2, 0.25) is 0 Å². The summed E-state index contributed by atoms with van der Waals surface area (Å²) < 4.78 is 34.2. The maximum absolute atomic E-state index is 12.2. The SMILES string of the molecule is CC1(C)C(NC(=O)/C(=N\O)c2csc(N)n2)C(=O)N1OS(=O)(=O)O. The van der Waals surface area contributed by atoms with Crippen molar-refractivity contribution in [2.45, 2.75) is 25.4 Å². The number of oxime groups is 1. The monoisotopic (exact) mass is 379 g/mol. The zero-order chi connectivity index (χ0) is 18.3. The molecular formula is C10H13N5O7S2. The zero-order valence-electron chi connectivity index (χ0n) is 12.3. The first-order valence-electron chi connectivity index (χ1n) is 6.22. The van der Waals surface area contributed by atoms with Crippen LogP contribution in [0.3, 0.4) is 0 Å². The summed E-state index contributed by atoms with van der Waals surface area (Å²) in [4.78, 5) is 27.9. The molecule has 0 saturated carbocycles. The molecule has 1 aromatic heterocycles. The van der Waals surface area contributed by atoms with Crippen molar-refractivity contribution in [3.05, 3.63) is 11.1 Å². The molecule has 0 spiro atoms. The number of nitrogens with one attached hydrogen (secondary N) is 1. The van der Waals surface area contributed by atoms with Crippen molar-refractivity contribution in [2.75, 3.05) is 5.73 Å². The third kappa shape index (κ3) is 3.30. The van der Waals surface area contributed by atoms with Crippen molar-refractivity contribution in [1.29, 1.82) is 0 Å². The molecule has 1 saturated heterocycles. The van der Waals surface area contributed by atoms with Crippen molar-refractivity contribution >= 4 is 44.4 Å². The van der Waals surface area contributed by atoms with Gasteiger partial charge in [0, 0.05) is 5.38 Å². The summed E-state index contributed by atoms with van der Waals surface area (Å²) >= 11 is 1.02. The molecule has 1 atom stereocenters. The van der Waals surface area contributed by atoms with Gasteiger partial charge < -0.3 is 16.3 Å². The average Bonchev–Trinajstić information content (AvgIpc) is 2.88. The molecule has 12 nitrogen and oxygen atoms in total. The minimum absolute atomic E-state index is 0.00752. The van der Waals surface area contributed by atoms with E-state index in [1.165, 1.54) is 19.2 Å². The van der Waals surface area contributed by atoms with Gasteiger partial charge in [0.2, 0.25) is 0 Å². The molecule has 2 heterocycles. The summed E-state index contributed by atoms with van der Waals surface area (Å²) in [6.07, 6.45) is 0. The Morgan fingerprint density at radius 1 is 1.58 bits per heavy atom. The predicted octanol–water partition coefficient (Wildman–Crippen LogP) is -1.26. The van der Waals surface area contributed by atoms with Crippen LogP contribution >= 0.6 is 11.3 Å². The van der Waals surface area contributed by atoms with E-state index in [1.54, 1.807) is 0 Å². The molecule has 24 heavy (non-hydrogen) atoms. The van der Waals surface area contributed by atoms with Crippen LogP contribution in [0.4, 0.5) is 5.13 Å². The highest BCUT2D eigenvalue weighted by molar-refractivity contribution is 7.80. The van der Waals surface area contributed by atoms with E-state index in [0.29, 0.717) is 5.06 Å². The van der Waals surface area contributed by atoms with E-state index in [9.17, 15) is 18.0 Å². The van der Waals surface area contributed by atoms with Gasteiger partial charge in [0.05, 0.1) is 5.54 Å². The van der Waals surface area contributed by atoms with Gasteiger partial charge in [0.25, 0.3) is 11.8 Å². The van der Waals surface area contributed by atoms with Crippen molar-refractivity contribution < 1.29 is 32.1 Å². The van der Waals surface area contributed by atoms with Crippen LogP contribution in [0.15, 0.2) is 10.5 Å². The summed E-state index contributed by atoms with van der Waals surface area (Å²) in [6, 6.07) is -1.18. The summed E-state index contributed by atoms with van der Waals surface area (Å²) in [5.41, 5.74) is 3.68.